The lowest BCUT2D eigenvalue weighted by molar-refractivity contribution is 0.109. The number of hydrogen-bond acceptors (Lipinski definition) is 2. The predicted molar refractivity (Wildman–Crippen MR) is 83.7 cm³/mol. The molecule has 0 aromatic heterocycles. The van der Waals surface area contributed by atoms with Gasteiger partial charge in [0.1, 0.15) is 0 Å². The van der Waals surface area contributed by atoms with Gasteiger partial charge in [-0.05, 0) is 32.6 Å². The fourth-order valence-corrected chi connectivity index (χ4v) is 1.46. The van der Waals surface area contributed by atoms with E-state index in [1.165, 1.54) is 0 Å². The van der Waals surface area contributed by atoms with Crippen molar-refractivity contribution in [2.45, 2.75) is 40.5 Å². The largest absolute Gasteiger partial charge is 0.381 e. The summed E-state index contributed by atoms with van der Waals surface area (Å²) in [4.78, 5) is 4.52. The fourth-order valence-electron chi connectivity index (χ4n) is 1.46. The summed E-state index contributed by atoms with van der Waals surface area (Å²) in [5.74, 6) is 1.50. The van der Waals surface area contributed by atoms with E-state index in [4.69, 9.17) is 4.74 Å². The number of hydrogen-bond donors (Lipinski definition) is 2. The molecule has 0 heterocycles. The van der Waals surface area contributed by atoms with Crippen LogP contribution in [-0.4, -0.2) is 38.8 Å². The molecule has 0 aromatic rings. The Balaban J connectivity index is 3.72. The lowest BCUT2D eigenvalue weighted by atomic mass is 10.2. The Bertz CT molecular complexity index is 250. The lowest BCUT2D eigenvalue weighted by Gasteiger charge is -2.10. The van der Waals surface area contributed by atoms with Gasteiger partial charge < -0.3 is 15.4 Å². The van der Waals surface area contributed by atoms with Crippen LogP contribution in [0.3, 0.4) is 0 Å². The third-order valence-electron chi connectivity index (χ3n) is 2.35. The summed E-state index contributed by atoms with van der Waals surface area (Å²) >= 11 is 0. The molecule has 0 saturated heterocycles. The van der Waals surface area contributed by atoms with E-state index >= 15 is 0 Å². The molecule has 0 fully saturated rings. The molecule has 0 spiro atoms. The average molecular weight is 269 g/mol. The summed E-state index contributed by atoms with van der Waals surface area (Å²) in [7, 11) is 0. The fraction of sp³-hybridized carbons (Fsp3) is 0.800. The third-order valence-corrected chi connectivity index (χ3v) is 2.35. The first-order valence-corrected chi connectivity index (χ1v) is 7.41. The van der Waals surface area contributed by atoms with Gasteiger partial charge in [0.25, 0.3) is 0 Å². The van der Waals surface area contributed by atoms with E-state index in [0.717, 1.165) is 51.6 Å². The molecule has 0 amide bonds. The van der Waals surface area contributed by atoms with Crippen LogP contribution in [0.25, 0.3) is 0 Å². The Morgan fingerprint density at radius 3 is 2.74 bits per heavy atom. The maximum Gasteiger partial charge on any atom is 0.191 e. The zero-order valence-corrected chi connectivity index (χ0v) is 13.0. The van der Waals surface area contributed by atoms with Crippen molar-refractivity contribution in [2.24, 2.45) is 10.9 Å². The molecule has 0 unspecified atom stereocenters. The van der Waals surface area contributed by atoms with Crippen molar-refractivity contribution >= 4 is 5.96 Å². The number of ether oxygens (including phenoxy) is 1. The Hall–Kier alpha value is -1.03. The quantitative estimate of drug-likeness (QED) is 0.277. The van der Waals surface area contributed by atoms with Crippen LogP contribution in [-0.2, 0) is 4.74 Å². The molecule has 0 aromatic carbocycles. The highest BCUT2D eigenvalue weighted by Crippen LogP contribution is 1.93. The predicted octanol–water partition coefficient (Wildman–Crippen LogP) is 2.57. The average Bonchev–Trinajstić information content (AvgIpc) is 2.38. The van der Waals surface area contributed by atoms with Crippen molar-refractivity contribution in [3.63, 3.8) is 0 Å². The van der Waals surface area contributed by atoms with Gasteiger partial charge >= 0.3 is 0 Å². The van der Waals surface area contributed by atoms with E-state index in [9.17, 15) is 0 Å². The van der Waals surface area contributed by atoms with E-state index in [-0.39, 0.29) is 0 Å². The van der Waals surface area contributed by atoms with E-state index in [2.05, 4.69) is 48.5 Å². The second-order valence-electron chi connectivity index (χ2n) is 4.87. The zero-order valence-electron chi connectivity index (χ0n) is 13.0. The Kier molecular flexibility index (Phi) is 12.7. The van der Waals surface area contributed by atoms with Crippen LogP contribution in [0.5, 0.6) is 0 Å². The van der Waals surface area contributed by atoms with Crippen LogP contribution in [0, 0.1) is 5.92 Å². The van der Waals surface area contributed by atoms with E-state index < -0.39 is 0 Å². The molecule has 0 atom stereocenters. The van der Waals surface area contributed by atoms with Gasteiger partial charge in [-0.15, -0.1) is 0 Å². The molecule has 0 rings (SSSR count). The second kappa shape index (κ2) is 13.4. The molecule has 4 nitrogen and oxygen atoms in total. The molecular formula is C15H31N3O. The third kappa shape index (κ3) is 13.2. The molecule has 0 aliphatic rings. The summed E-state index contributed by atoms with van der Waals surface area (Å²) in [6, 6.07) is 0. The van der Waals surface area contributed by atoms with Crippen molar-refractivity contribution < 1.29 is 4.74 Å². The van der Waals surface area contributed by atoms with Gasteiger partial charge in [0.05, 0.1) is 0 Å². The minimum atomic E-state index is 0.606. The molecule has 0 bridgehead atoms. The smallest absolute Gasteiger partial charge is 0.191 e. The minimum Gasteiger partial charge on any atom is -0.381 e. The number of nitrogens with one attached hydrogen (secondary N) is 2. The van der Waals surface area contributed by atoms with E-state index in [0.29, 0.717) is 5.92 Å². The van der Waals surface area contributed by atoms with Gasteiger partial charge in [0.15, 0.2) is 5.96 Å². The van der Waals surface area contributed by atoms with Crippen LogP contribution < -0.4 is 10.6 Å². The standard InChI is InChI=1S/C15H31N3O/c1-5-7-8-10-17-15(16-6-2)18-11-9-12-19-13-14(3)4/h5,7,14H,6,8-13H2,1-4H3,(H2,16,17,18)/b7-5+. The van der Waals surface area contributed by atoms with E-state index in [1.54, 1.807) is 0 Å². The number of nitrogens with zero attached hydrogens (tertiary/aromatic N) is 1. The van der Waals surface area contributed by atoms with Crippen LogP contribution in [0.4, 0.5) is 0 Å². The minimum absolute atomic E-state index is 0.606. The van der Waals surface area contributed by atoms with Crippen molar-refractivity contribution in [3.8, 4) is 0 Å². The summed E-state index contributed by atoms with van der Waals surface area (Å²) < 4.78 is 5.53. The van der Waals surface area contributed by atoms with Crippen molar-refractivity contribution in [1.29, 1.82) is 0 Å². The highest BCUT2D eigenvalue weighted by molar-refractivity contribution is 5.79. The normalized spacial score (nSPS) is 12.4. The van der Waals surface area contributed by atoms with Gasteiger partial charge in [-0.25, -0.2) is 0 Å². The van der Waals surface area contributed by atoms with Crippen LogP contribution in [0.15, 0.2) is 17.1 Å². The first-order chi connectivity index (χ1) is 9.20. The van der Waals surface area contributed by atoms with Crippen molar-refractivity contribution in [1.82, 2.24) is 10.6 Å². The summed E-state index contributed by atoms with van der Waals surface area (Å²) in [6.07, 6.45) is 6.21. The number of guanidine groups is 1. The first kappa shape index (κ1) is 18.0. The lowest BCUT2D eigenvalue weighted by Crippen LogP contribution is -2.37. The topological polar surface area (TPSA) is 45.7 Å². The highest BCUT2D eigenvalue weighted by Gasteiger charge is 1.96. The van der Waals surface area contributed by atoms with Crippen LogP contribution >= 0.6 is 0 Å². The molecule has 0 radical (unpaired) electrons. The summed E-state index contributed by atoms with van der Waals surface area (Å²) in [5, 5.41) is 6.55. The molecule has 19 heavy (non-hydrogen) atoms. The van der Waals surface area contributed by atoms with Crippen molar-refractivity contribution in [3.05, 3.63) is 12.2 Å². The summed E-state index contributed by atoms with van der Waals surface area (Å²) in [5.41, 5.74) is 0. The Labute approximate surface area is 118 Å². The van der Waals surface area contributed by atoms with Gasteiger partial charge in [-0.2, -0.15) is 0 Å². The number of aliphatic imine (C=N–C) groups is 1. The molecule has 4 heteroatoms. The van der Waals surface area contributed by atoms with Gasteiger partial charge in [0, 0.05) is 32.8 Å². The van der Waals surface area contributed by atoms with Crippen LogP contribution in [0.2, 0.25) is 0 Å². The first-order valence-electron chi connectivity index (χ1n) is 7.41. The molecule has 0 aliphatic heterocycles. The Morgan fingerprint density at radius 2 is 2.11 bits per heavy atom. The highest BCUT2D eigenvalue weighted by atomic mass is 16.5. The molecule has 0 aliphatic carbocycles. The van der Waals surface area contributed by atoms with Gasteiger partial charge in [-0.1, -0.05) is 26.0 Å². The Morgan fingerprint density at radius 1 is 1.32 bits per heavy atom. The molecular weight excluding hydrogens is 238 g/mol. The maximum atomic E-state index is 5.53. The number of rotatable bonds is 10. The monoisotopic (exact) mass is 269 g/mol. The van der Waals surface area contributed by atoms with E-state index in [1.807, 2.05) is 6.92 Å². The van der Waals surface area contributed by atoms with Crippen LogP contribution in [0.1, 0.15) is 40.5 Å². The number of allylic oxidation sites excluding steroid dienone is 1. The van der Waals surface area contributed by atoms with Crippen molar-refractivity contribution in [2.75, 3.05) is 32.8 Å². The van der Waals surface area contributed by atoms with Gasteiger partial charge in [0.2, 0.25) is 0 Å². The molecule has 112 valence electrons. The molecule has 0 saturated carbocycles. The maximum absolute atomic E-state index is 5.53. The SMILES string of the molecule is C/C=C/CCNC(=NCCCOCC(C)C)NCC. The molecule has 2 N–H and O–H groups in total. The summed E-state index contributed by atoms with van der Waals surface area (Å²) in [6.45, 7) is 12.7. The second-order valence-corrected chi connectivity index (χ2v) is 4.87. The van der Waals surface area contributed by atoms with Gasteiger partial charge in [-0.3, -0.25) is 4.99 Å². The zero-order chi connectivity index (χ0) is 14.3.